The molecule has 0 saturated heterocycles. The molecule has 0 unspecified atom stereocenters. The first-order valence-electron chi connectivity index (χ1n) is 5.65. The molecule has 0 bridgehead atoms. The lowest BCUT2D eigenvalue weighted by atomic mass is 9.54. The summed E-state index contributed by atoms with van der Waals surface area (Å²) in [7, 11) is 0. The van der Waals surface area contributed by atoms with Crippen molar-refractivity contribution >= 4 is 17.9 Å². The summed E-state index contributed by atoms with van der Waals surface area (Å²) >= 11 is 0. The second-order valence-electron chi connectivity index (χ2n) is 6.13. The maximum atomic E-state index is 11.3. The Morgan fingerprint density at radius 3 is 0.944 bits per heavy atom. The average Bonchev–Trinajstić information content (AvgIpc) is 2.14. The minimum absolute atomic E-state index is 0.0620. The molecular formula is C12H18O6. The van der Waals surface area contributed by atoms with Crippen molar-refractivity contribution in [3.05, 3.63) is 0 Å². The largest absolute Gasteiger partial charge is 0.481 e. The van der Waals surface area contributed by atoms with Gasteiger partial charge in [-0.1, -0.05) is 0 Å². The molecule has 6 heteroatoms. The molecule has 0 heterocycles. The number of rotatable bonds is 3. The van der Waals surface area contributed by atoms with Gasteiger partial charge in [0.2, 0.25) is 0 Å². The molecule has 0 amide bonds. The number of carbonyl (C=O) groups is 3. The van der Waals surface area contributed by atoms with Gasteiger partial charge in [-0.3, -0.25) is 14.4 Å². The highest BCUT2D eigenvalue weighted by molar-refractivity contribution is 5.83. The molecule has 1 aliphatic rings. The van der Waals surface area contributed by atoms with E-state index in [0.29, 0.717) is 0 Å². The van der Waals surface area contributed by atoms with E-state index in [1.807, 2.05) is 0 Å². The molecule has 1 fully saturated rings. The zero-order chi connectivity index (χ0) is 14.4. The van der Waals surface area contributed by atoms with E-state index >= 15 is 0 Å². The molecule has 0 spiro atoms. The first kappa shape index (κ1) is 14.5. The predicted molar refractivity (Wildman–Crippen MR) is 61.1 cm³/mol. The zero-order valence-electron chi connectivity index (χ0n) is 10.7. The summed E-state index contributed by atoms with van der Waals surface area (Å²) < 4.78 is 0. The van der Waals surface area contributed by atoms with Gasteiger partial charge in [0.15, 0.2) is 0 Å². The van der Waals surface area contributed by atoms with Gasteiger partial charge in [0.25, 0.3) is 0 Å². The highest BCUT2D eigenvalue weighted by Crippen LogP contribution is 2.54. The zero-order valence-corrected chi connectivity index (χ0v) is 10.7. The third-order valence-electron chi connectivity index (χ3n) is 3.89. The van der Waals surface area contributed by atoms with E-state index in [9.17, 15) is 29.7 Å². The van der Waals surface area contributed by atoms with Crippen LogP contribution in [-0.2, 0) is 14.4 Å². The average molecular weight is 258 g/mol. The summed E-state index contributed by atoms with van der Waals surface area (Å²) in [6.45, 7) is 4.24. The first-order chi connectivity index (χ1) is 7.95. The van der Waals surface area contributed by atoms with Gasteiger partial charge in [0.1, 0.15) is 0 Å². The number of aliphatic carboxylic acids is 3. The molecule has 0 aromatic heterocycles. The molecule has 6 nitrogen and oxygen atoms in total. The molecule has 0 aromatic rings. The Balaban J connectivity index is 3.28. The van der Waals surface area contributed by atoms with Gasteiger partial charge >= 0.3 is 17.9 Å². The van der Waals surface area contributed by atoms with Gasteiger partial charge in [0, 0.05) is 0 Å². The van der Waals surface area contributed by atoms with Crippen molar-refractivity contribution in [3.63, 3.8) is 0 Å². The maximum absolute atomic E-state index is 11.3. The third-order valence-corrected chi connectivity index (χ3v) is 3.89. The summed E-state index contributed by atoms with van der Waals surface area (Å²) in [5.74, 6) is -3.45. The van der Waals surface area contributed by atoms with Crippen molar-refractivity contribution in [2.75, 3.05) is 0 Å². The lowest BCUT2D eigenvalue weighted by Gasteiger charge is -2.47. The number of carboxylic acid groups (broad SMARTS) is 3. The van der Waals surface area contributed by atoms with E-state index in [-0.39, 0.29) is 19.3 Å². The molecule has 0 aliphatic heterocycles. The second kappa shape index (κ2) is 3.96. The van der Waals surface area contributed by atoms with Crippen molar-refractivity contribution in [2.45, 2.75) is 40.0 Å². The molecule has 1 saturated carbocycles. The summed E-state index contributed by atoms with van der Waals surface area (Å²) in [5.41, 5.74) is -4.00. The Kier molecular flexibility index (Phi) is 3.19. The highest BCUT2D eigenvalue weighted by atomic mass is 16.4. The Labute approximate surface area is 105 Å². The maximum Gasteiger partial charge on any atom is 0.309 e. The molecule has 0 aromatic carbocycles. The Bertz CT molecular complexity index is 343. The van der Waals surface area contributed by atoms with E-state index in [0.717, 1.165) is 0 Å². The molecule has 102 valence electrons. The van der Waals surface area contributed by atoms with E-state index in [4.69, 9.17) is 0 Å². The van der Waals surface area contributed by atoms with Gasteiger partial charge < -0.3 is 15.3 Å². The van der Waals surface area contributed by atoms with Crippen LogP contribution < -0.4 is 0 Å². The lowest BCUT2D eigenvalue weighted by Crippen LogP contribution is -2.51. The van der Waals surface area contributed by atoms with Crippen LogP contribution in [-0.4, -0.2) is 33.2 Å². The summed E-state index contributed by atoms with van der Waals surface area (Å²) in [6.07, 6.45) is -0.186. The topological polar surface area (TPSA) is 112 Å². The van der Waals surface area contributed by atoms with Crippen molar-refractivity contribution in [3.8, 4) is 0 Å². The lowest BCUT2D eigenvalue weighted by molar-refractivity contribution is -0.174. The fourth-order valence-electron chi connectivity index (χ4n) is 3.22. The number of hydrogen-bond donors (Lipinski definition) is 3. The highest BCUT2D eigenvalue weighted by Gasteiger charge is 2.58. The minimum atomic E-state index is -1.33. The molecule has 18 heavy (non-hydrogen) atoms. The summed E-state index contributed by atoms with van der Waals surface area (Å²) in [6, 6.07) is 0. The van der Waals surface area contributed by atoms with Crippen LogP contribution >= 0.6 is 0 Å². The monoisotopic (exact) mass is 258 g/mol. The van der Waals surface area contributed by atoms with E-state index < -0.39 is 34.2 Å². The Hall–Kier alpha value is -1.59. The molecular weight excluding hydrogens is 240 g/mol. The summed E-state index contributed by atoms with van der Waals surface area (Å²) in [5, 5.41) is 27.7. The van der Waals surface area contributed by atoms with Crippen LogP contribution in [0.5, 0.6) is 0 Å². The quantitative estimate of drug-likeness (QED) is 0.706. The normalized spacial score (nSPS) is 40.2. The molecule has 1 aliphatic carbocycles. The van der Waals surface area contributed by atoms with E-state index in [1.165, 1.54) is 20.8 Å². The van der Waals surface area contributed by atoms with Crippen molar-refractivity contribution in [2.24, 2.45) is 16.2 Å². The second-order valence-corrected chi connectivity index (χ2v) is 6.13. The predicted octanol–water partition coefficient (Wildman–Crippen LogP) is 1.44. The van der Waals surface area contributed by atoms with E-state index in [2.05, 4.69) is 0 Å². The van der Waals surface area contributed by atoms with Crippen LogP contribution in [0.15, 0.2) is 0 Å². The van der Waals surface area contributed by atoms with Crippen LogP contribution in [0, 0.1) is 16.2 Å². The number of hydrogen-bond acceptors (Lipinski definition) is 3. The molecule has 1 rings (SSSR count). The SMILES string of the molecule is C[C@]1(C(=O)O)C[C@](C)(C(=O)O)C[C@@](C)(C(=O)O)C1. The van der Waals surface area contributed by atoms with Gasteiger partial charge in [-0.2, -0.15) is 0 Å². The smallest absolute Gasteiger partial charge is 0.309 e. The fourth-order valence-corrected chi connectivity index (χ4v) is 3.22. The van der Waals surface area contributed by atoms with Gasteiger partial charge in [0.05, 0.1) is 16.2 Å². The Morgan fingerprint density at radius 2 is 0.833 bits per heavy atom. The first-order valence-corrected chi connectivity index (χ1v) is 5.65. The van der Waals surface area contributed by atoms with Crippen LogP contribution in [0.3, 0.4) is 0 Å². The third kappa shape index (κ3) is 2.19. The standard InChI is InChI=1S/C12H18O6/c1-10(7(13)14)4-11(2,8(15)16)6-12(3,5-10)9(17)18/h4-6H2,1-3H3,(H,13,14)(H,15,16)(H,17,18)/t10-,11-,12-. The molecule has 0 atom stereocenters. The minimum Gasteiger partial charge on any atom is -0.481 e. The van der Waals surface area contributed by atoms with Crippen LogP contribution in [0.4, 0.5) is 0 Å². The van der Waals surface area contributed by atoms with Crippen molar-refractivity contribution in [1.82, 2.24) is 0 Å². The van der Waals surface area contributed by atoms with Gasteiger partial charge in [-0.15, -0.1) is 0 Å². The molecule has 0 radical (unpaired) electrons. The van der Waals surface area contributed by atoms with Crippen LogP contribution in [0.2, 0.25) is 0 Å². The summed E-state index contributed by atoms with van der Waals surface area (Å²) in [4.78, 5) is 33.9. The Morgan fingerprint density at radius 1 is 0.667 bits per heavy atom. The van der Waals surface area contributed by atoms with Crippen molar-refractivity contribution < 1.29 is 29.7 Å². The fraction of sp³-hybridized carbons (Fsp3) is 0.750. The van der Waals surface area contributed by atoms with Gasteiger partial charge in [-0.05, 0) is 40.0 Å². The molecule has 3 N–H and O–H groups in total. The van der Waals surface area contributed by atoms with Crippen LogP contribution in [0.25, 0.3) is 0 Å². The number of carboxylic acids is 3. The van der Waals surface area contributed by atoms with E-state index in [1.54, 1.807) is 0 Å². The van der Waals surface area contributed by atoms with Crippen molar-refractivity contribution in [1.29, 1.82) is 0 Å². The van der Waals surface area contributed by atoms with Gasteiger partial charge in [-0.25, -0.2) is 0 Å². The van der Waals surface area contributed by atoms with Crippen LogP contribution in [0.1, 0.15) is 40.0 Å².